The molecule has 1 aliphatic rings. The Bertz CT molecular complexity index is 1410. The summed E-state index contributed by atoms with van der Waals surface area (Å²) in [6.45, 7) is 3.39. The molecule has 11 heteroatoms. The molecular formula is C25H22Cl2F2N3O3P. The first-order chi connectivity index (χ1) is 17.0. The smallest absolute Gasteiger partial charge is 0.319 e. The van der Waals surface area contributed by atoms with Crippen molar-refractivity contribution >= 4 is 59.0 Å². The average Bonchev–Trinajstić information content (AvgIpc) is 3.16. The zero-order chi connectivity index (χ0) is 26.2. The van der Waals surface area contributed by atoms with E-state index in [1.807, 2.05) is 0 Å². The van der Waals surface area contributed by atoms with Crippen molar-refractivity contribution in [3.05, 3.63) is 76.3 Å². The summed E-state index contributed by atoms with van der Waals surface area (Å²) in [5.41, 5.74) is 0.787. The minimum Gasteiger partial charge on any atom is -0.326 e. The van der Waals surface area contributed by atoms with Crippen LogP contribution in [0.4, 0.5) is 25.0 Å². The fraction of sp³-hybridized carbons (Fsp3) is 0.200. The minimum atomic E-state index is -2.67. The number of urea groups is 1. The molecule has 1 saturated heterocycles. The number of hydrogen-bond donors (Lipinski definition) is 2. The summed E-state index contributed by atoms with van der Waals surface area (Å²) in [5, 5.41) is 5.36. The number of amides is 3. The van der Waals surface area contributed by atoms with Gasteiger partial charge >= 0.3 is 6.03 Å². The third-order valence-corrected chi connectivity index (χ3v) is 7.97. The maximum absolute atomic E-state index is 15.4. The zero-order valence-electron chi connectivity index (χ0n) is 19.3. The van der Waals surface area contributed by atoms with Gasteiger partial charge in [-0.15, -0.1) is 0 Å². The maximum Gasteiger partial charge on any atom is 0.319 e. The zero-order valence-corrected chi connectivity index (χ0v) is 21.7. The first-order valence-corrected chi connectivity index (χ1v) is 14.3. The van der Waals surface area contributed by atoms with Crippen LogP contribution in [0.25, 0.3) is 11.1 Å². The van der Waals surface area contributed by atoms with Gasteiger partial charge in [0.15, 0.2) is 5.82 Å². The predicted molar refractivity (Wildman–Crippen MR) is 140 cm³/mol. The second-order valence-corrected chi connectivity index (χ2v) is 12.7. The molecule has 1 aliphatic heterocycles. The highest BCUT2D eigenvalue weighted by Crippen LogP contribution is 2.42. The van der Waals surface area contributed by atoms with Gasteiger partial charge in [-0.2, -0.15) is 0 Å². The molecule has 3 amide bonds. The van der Waals surface area contributed by atoms with Gasteiger partial charge in [-0.25, -0.2) is 13.6 Å². The molecule has 0 spiro atoms. The van der Waals surface area contributed by atoms with Gasteiger partial charge in [-0.05, 0) is 49.6 Å². The lowest BCUT2D eigenvalue weighted by Crippen LogP contribution is -2.43. The van der Waals surface area contributed by atoms with Crippen molar-refractivity contribution in [2.24, 2.45) is 0 Å². The second kappa shape index (κ2) is 10.2. The third-order valence-electron chi connectivity index (χ3n) is 5.82. The van der Waals surface area contributed by atoms with Gasteiger partial charge in [-0.3, -0.25) is 4.79 Å². The summed E-state index contributed by atoms with van der Waals surface area (Å²) in [5.74, 6) is -2.05. The molecule has 0 unspecified atom stereocenters. The molecule has 1 heterocycles. The molecule has 4 rings (SSSR count). The normalized spacial score (nSPS) is 15.8. The van der Waals surface area contributed by atoms with Gasteiger partial charge in [0.25, 0.3) is 0 Å². The number of carbonyl (C=O) groups is 2. The second-order valence-electron chi connectivity index (χ2n) is 8.68. The van der Waals surface area contributed by atoms with E-state index in [-0.39, 0.29) is 34.4 Å². The SMILES string of the molecule is CP(C)(=O)c1ccccc1-c1ccc(N2CC[C@@H](NC(=O)Nc3ccc(Cl)cc3F)C2=O)c(F)c1Cl. The van der Waals surface area contributed by atoms with Crippen LogP contribution in [0.2, 0.25) is 10.0 Å². The summed E-state index contributed by atoms with van der Waals surface area (Å²) in [4.78, 5) is 26.5. The molecule has 0 saturated carbocycles. The van der Waals surface area contributed by atoms with Crippen LogP contribution in [0, 0.1) is 11.6 Å². The molecule has 1 fully saturated rings. The molecule has 36 heavy (non-hydrogen) atoms. The van der Waals surface area contributed by atoms with Crippen LogP contribution in [-0.2, 0) is 9.36 Å². The van der Waals surface area contributed by atoms with Crippen molar-refractivity contribution in [1.29, 1.82) is 0 Å². The van der Waals surface area contributed by atoms with Crippen molar-refractivity contribution in [2.75, 3.05) is 30.1 Å². The van der Waals surface area contributed by atoms with Gasteiger partial charge in [0.1, 0.15) is 19.0 Å². The van der Waals surface area contributed by atoms with Crippen LogP contribution in [0.1, 0.15) is 6.42 Å². The first-order valence-electron chi connectivity index (χ1n) is 10.9. The van der Waals surface area contributed by atoms with E-state index in [0.29, 0.717) is 16.4 Å². The van der Waals surface area contributed by atoms with Crippen LogP contribution in [0.5, 0.6) is 0 Å². The van der Waals surface area contributed by atoms with E-state index in [1.165, 1.54) is 23.1 Å². The van der Waals surface area contributed by atoms with E-state index in [0.717, 1.165) is 6.07 Å². The lowest BCUT2D eigenvalue weighted by molar-refractivity contribution is -0.118. The highest BCUT2D eigenvalue weighted by atomic mass is 35.5. The fourth-order valence-electron chi connectivity index (χ4n) is 4.09. The maximum atomic E-state index is 15.4. The van der Waals surface area contributed by atoms with Crippen molar-refractivity contribution in [1.82, 2.24) is 5.32 Å². The molecular weight excluding hydrogens is 530 g/mol. The quantitative estimate of drug-likeness (QED) is 0.375. The lowest BCUT2D eigenvalue weighted by atomic mass is 10.0. The number of rotatable bonds is 5. The van der Waals surface area contributed by atoms with Crippen LogP contribution in [0.3, 0.4) is 0 Å². The van der Waals surface area contributed by atoms with Crippen molar-refractivity contribution < 1.29 is 22.9 Å². The Morgan fingerprint density at radius 2 is 1.78 bits per heavy atom. The topological polar surface area (TPSA) is 78.5 Å². The molecule has 0 aromatic heterocycles. The number of hydrogen-bond acceptors (Lipinski definition) is 3. The Morgan fingerprint density at radius 1 is 1.06 bits per heavy atom. The molecule has 188 valence electrons. The van der Waals surface area contributed by atoms with Gasteiger partial charge in [0.05, 0.1) is 16.4 Å². The van der Waals surface area contributed by atoms with E-state index in [9.17, 15) is 18.5 Å². The summed E-state index contributed by atoms with van der Waals surface area (Å²) in [7, 11) is -2.67. The lowest BCUT2D eigenvalue weighted by Gasteiger charge is -2.21. The summed E-state index contributed by atoms with van der Waals surface area (Å²) >= 11 is 12.1. The van der Waals surface area contributed by atoms with Crippen molar-refractivity contribution in [3.63, 3.8) is 0 Å². The van der Waals surface area contributed by atoms with Gasteiger partial charge in [0, 0.05) is 22.4 Å². The Morgan fingerprint density at radius 3 is 2.47 bits per heavy atom. The van der Waals surface area contributed by atoms with Crippen LogP contribution in [-0.4, -0.2) is 37.9 Å². The molecule has 2 N–H and O–H groups in total. The van der Waals surface area contributed by atoms with Gasteiger partial charge in [0.2, 0.25) is 5.91 Å². The van der Waals surface area contributed by atoms with Gasteiger partial charge < -0.3 is 20.1 Å². The summed E-state index contributed by atoms with van der Waals surface area (Å²) in [6, 6.07) is 12.0. The number of nitrogens with one attached hydrogen (secondary N) is 2. The van der Waals surface area contributed by atoms with E-state index in [1.54, 1.807) is 43.7 Å². The minimum absolute atomic E-state index is 0.0316. The Balaban J connectivity index is 1.53. The third kappa shape index (κ3) is 5.26. The predicted octanol–water partition coefficient (Wildman–Crippen LogP) is 6.11. The highest BCUT2D eigenvalue weighted by molar-refractivity contribution is 7.70. The van der Waals surface area contributed by atoms with Crippen LogP contribution in [0.15, 0.2) is 54.6 Å². The highest BCUT2D eigenvalue weighted by Gasteiger charge is 2.36. The summed E-state index contributed by atoms with van der Waals surface area (Å²) < 4.78 is 42.1. The van der Waals surface area contributed by atoms with Crippen LogP contribution >= 0.6 is 30.3 Å². The monoisotopic (exact) mass is 551 g/mol. The average molecular weight is 552 g/mol. The van der Waals surface area contributed by atoms with E-state index >= 15 is 4.39 Å². The Hall–Kier alpha value is -2.93. The van der Waals surface area contributed by atoms with Crippen LogP contribution < -0.4 is 20.8 Å². The molecule has 1 atom stereocenters. The Kier molecular flexibility index (Phi) is 7.41. The molecule has 0 radical (unpaired) electrons. The summed E-state index contributed by atoms with van der Waals surface area (Å²) in [6.07, 6.45) is 0.214. The van der Waals surface area contributed by atoms with E-state index in [4.69, 9.17) is 23.2 Å². The molecule has 3 aromatic rings. The molecule has 0 aliphatic carbocycles. The van der Waals surface area contributed by atoms with E-state index in [2.05, 4.69) is 10.6 Å². The molecule has 6 nitrogen and oxygen atoms in total. The largest absolute Gasteiger partial charge is 0.326 e. The number of anilines is 2. The number of nitrogens with zero attached hydrogens (tertiary/aromatic N) is 1. The molecule has 3 aromatic carbocycles. The van der Waals surface area contributed by atoms with Crippen molar-refractivity contribution in [3.8, 4) is 11.1 Å². The molecule has 0 bridgehead atoms. The fourth-order valence-corrected chi connectivity index (χ4v) is 5.73. The van der Waals surface area contributed by atoms with Crippen molar-refractivity contribution in [2.45, 2.75) is 12.5 Å². The van der Waals surface area contributed by atoms with E-state index < -0.39 is 36.8 Å². The van der Waals surface area contributed by atoms with Gasteiger partial charge in [-0.1, -0.05) is 53.5 Å². The first kappa shape index (κ1) is 26.1. The number of benzene rings is 3. The number of carbonyl (C=O) groups excluding carboxylic acids is 2. The number of halogens is 4. The Labute approximate surface area is 217 Å². The standard InChI is InChI=1S/C25H22Cl2F2N3O3P/c1-36(2,35)21-6-4-3-5-15(21)16-8-10-20(23(29)22(16)27)32-12-11-19(24(32)33)31-25(34)30-18-9-7-14(26)13-17(18)28/h3-10,13,19H,11-12H2,1-2H3,(H2,30,31,34)/t19-/m1/s1.